The Labute approximate surface area is 229 Å². The first kappa shape index (κ1) is 28.3. The van der Waals surface area contributed by atoms with Gasteiger partial charge in [0, 0.05) is 51.4 Å². The van der Waals surface area contributed by atoms with Gasteiger partial charge in [0.2, 0.25) is 0 Å². The lowest BCUT2D eigenvalue weighted by Crippen LogP contribution is -2.48. The molecule has 0 unspecified atom stereocenters. The maximum Gasteiger partial charge on any atom is 0.264 e. The highest BCUT2D eigenvalue weighted by atomic mass is 35.5. The highest BCUT2D eigenvalue weighted by Gasteiger charge is 2.25. The van der Waals surface area contributed by atoms with E-state index < -0.39 is 21.8 Å². The number of pyridine rings is 1. The van der Waals surface area contributed by atoms with Crippen LogP contribution in [0.4, 0.5) is 10.2 Å². The molecule has 0 radical (unpaired) electrons. The highest BCUT2D eigenvalue weighted by Crippen LogP contribution is 2.21. The molecule has 0 bridgehead atoms. The molecule has 1 aromatic carbocycles. The Balaban J connectivity index is 1.50. The molecule has 0 saturated carbocycles. The Bertz CT molecular complexity index is 1470. The van der Waals surface area contributed by atoms with Crippen molar-refractivity contribution in [1.29, 1.82) is 0 Å². The predicted molar refractivity (Wildman–Crippen MR) is 141 cm³/mol. The number of carbonyl (C=O) groups is 1. The van der Waals surface area contributed by atoms with E-state index in [2.05, 4.69) is 14.9 Å². The topological polar surface area (TPSA) is 106 Å². The van der Waals surface area contributed by atoms with E-state index in [1.54, 1.807) is 30.2 Å². The van der Waals surface area contributed by atoms with Gasteiger partial charge in [-0.15, -0.1) is 11.3 Å². The summed E-state index contributed by atoms with van der Waals surface area (Å²) in [6.45, 7) is 2.54. The zero-order valence-corrected chi connectivity index (χ0v) is 23.2. The molecule has 3 heterocycles. The van der Waals surface area contributed by atoms with Gasteiger partial charge in [0.1, 0.15) is 6.73 Å². The van der Waals surface area contributed by atoms with Crippen molar-refractivity contribution in [2.24, 2.45) is 4.99 Å². The van der Waals surface area contributed by atoms with Crippen LogP contribution < -0.4 is 4.80 Å². The summed E-state index contributed by atoms with van der Waals surface area (Å²) < 4.78 is 49.4. The molecule has 0 atom stereocenters. The van der Waals surface area contributed by atoms with Gasteiger partial charge in [-0.25, -0.2) is 14.4 Å². The number of nitrogens with zero attached hydrogens (tertiary/aromatic N) is 5. The molecule has 1 saturated heterocycles. The average Bonchev–Trinajstić information content (AvgIpc) is 3.30. The second-order valence-electron chi connectivity index (χ2n) is 8.65. The van der Waals surface area contributed by atoms with Crippen LogP contribution in [0.3, 0.4) is 0 Å². The fourth-order valence-electron chi connectivity index (χ4n) is 3.93. The second kappa shape index (κ2) is 12.5. The number of aromatic nitrogens is 2. The third kappa shape index (κ3) is 7.46. The molecule has 0 spiro atoms. The van der Waals surface area contributed by atoms with Crippen LogP contribution in [-0.2, 0) is 38.9 Å². The molecule has 1 amide bonds. The lowest BCUT2D eigenvalue weighted by atomic mass is 10.1. The van der Waals surface area contributed by atoms with E-state index in [9.17, 15) is 17.6 Å². The Hall–Kier alpha value is -2.68. The number of carbonyl (C=O) groups excluding carboxylic acids is 1. The molecule has 0 aliphatic carbocycles. The van der Waals surface area contributed by atoms with Crippen LogP contribution >= 0.6 is 22.9 Å². The van der Waals surface area contributed by atoms with Crippen molar-refractivity contribution in [2.75, 3.05) is 39.5 Å². The molecule has 204 valence electrons. The number of rotatable bonds is 9. The molecule has 1 fully saturated rings. The summed E-state index contributed by atoms with van der Waals surface area (Å²) in [6, 6.07) is 7.85. The summed E-state index contributed by atoms with van der Waals surface area (Å²) in [5.41, 5.74) is 1.24. The largest absolute Gasteiger partial charge is 0.364 e. The summed E-state index contributed by atoms with van der Waals surface area (Å²) >= 11 is 7.25. The van der Waals surface area contributed by atoms with Crippen molar-refractivity contribution >= 4 is 44.8 Å². The zero-order chi connectivity index (χ0) is 27.3. The lowest BCUT2D eigenvalue weighted by molar-refractivity contribution is 0.0622. The van der Waals surface area contributed by atoms with Crippen LogP contribution in [0.2, 0.25) is 5.02 Å². The number of halogens is 2. The molecular formula is C24H27ClFN5O5S2. The van der Waals surface area contributed by atoms with Crippen LogP contribution in [0.5, 0.6) is 0 Å². The van der Waals surface area contributed by atoms with Crippen molar-refractivity contribution in [1.82, 2.24) is 19.4 Å². The normalized spacial score (nSPS) is 15.3. The monoisotopic (exact) mass is 583 g/mol. The molecule has 10 nitrogen and oxygen atoms in total. The van der Waals surface area contributed by atoms with E-state index in [1.165, 1.54) is 23.5 Å². The van der Waals surface area contributed by atoms with Crippen molar-refractivity contribution in [3.8, 4) is 0 Å². The van der Waals surface area contributed by atoms with Crippen molar-refractivity contribution < 1.29 is 26.5 Å². The quantitative estimate of drug-likeness (QED) is 0.357. The first-order chi connectivity index (χ1) is 18.1. The average molecular weight is 584 g/mol. The number of piperazine rings is 1. The Kier molecular flexibility index (Phi) is 9.28. The SMILES string of the molecule is COCn1ccs/c1=N\c1cc(COS(C)(=O)=O)cc(CN2CCN(C(=O)c3cccc(Cl)c3F)CC2)n1. The van der Waals surface area contributed by atoms with Crippen molar-refractivity contribution in [2.45, 2.75) is 19.9 Å². The van der Waals surface area contributed by atoms with E-state index in [0.29, 0.717) is 61.3 Å². The lowest BCUT2D eigenvalue weighted by Gasteiger charge is -2.34. The third-order valence-corrected chi connectivity index (χ3v) is 7.36. The van der Waals surface area contributed by atoms with Gasteiger partial charge in [0.25, 0.3) is 16.0 Å². The summed E-state index contributed by atoms with van der Waals surface area (Å²) in [6.07, 6.45) is 2.84. The number of methoxy groups -OCH3 is 1. The standard InChI is InChI=1S/C24H27ClFN5O5S2/c1-35-16-31-10-11-37-24(31)28-21-13-17(15-36-38(2,33)34)12-18(27-21)14-29-6-8-30(9-7-29)23(32)19-4-3-5-20(25)22(19)26/h3-5,10-13H,6-9,14-16H2,1-2H3/b28-24-. The number of amides is 1. The first-order valence-corrected chi connectivity index (χ1v) is 14.7. The van der Waals surface area contributed by atoms with E-state index in [4.69, 9.17) is 20.5 Å². The van der Waals surface area contributed by atoms with Crippen molar-refractivity contribution in [3.05, 3.63) is 74.4 Å². The van der Waals surface area contributed by atoms with Gasteiger partial charge in [0.05, 0.1) is 29.1 Å². The van der Waals surface area contributed by atoms with E-state index >= 15 is 0 Å². The minimum atomic E-state index is -3.63. The van der Waals surface area contributed by atoms with E-state index in [-0.39, 0.29) is 17.2 Å². The Morgan fingerprint density at radius 2 is 2.00 bits per heavy atom. The first-order valence-electron chi connectivity index (χ1n) is 11.6. The number of benzene rings is 1. The number of thiazole rings is 1. The molecule has 3 aromatic rings. The molecule has 2 aromatic heterocycles. The van der Waals surface area contributed by atoms with E-state index in [0.717, 1.165) is 6.26 Å². The number of hydrogen-bond donors (Lipinski definition) is 0. The maximum atomic E-state index is 14.3. The summed E-state index contributed by atoms with van der Waals surface area (Å²) in [5.74, 6) is -0.705. The zero-order valence-electron chi connectivity index (χ0n) is 20.8. The van der Waals surface area contributed by atoms with Gasteiger partial charge in [-0.1, -0.05) is 17.7 Å². The van der Waals surface area contributed by atoms with Crippen LogP contribution in [0, 0.1) is 5.82 Å². The highest BCUT2D eigenvalue weighted by molar-refractivity contribution is 7.85. The predicted octanol–water partition coefficient (Wildman–Crippen LogP) is 3.01. The number of ether oxygens (including phenoxy) is 1. The summed E-state index contributed by atoms with van der Waals surface area (Å²) in [5, 5.41) is 1.79. The molecular weight excluding hydrogens is 557 g/mol. The Morgan fingerprint density at radius 3 is 2.71 bits per heavy atom. The van der Waals surface area contributed by atoms with Gasteiger partial charge >= 0.3 is 0 Å². The fourth-order valence-corrected chi connectivity index (χ4v) is 5.18. The minimum absolute atomic E-state index is 0.0447. The molecule has 0 N–H and O–H groups in total. The Morgan fingerprint density at radius 1 is 1.24 bits per heavy atom. The minimum Gasteiger partial charge on any atom is -0.364 e. The molecule has 1 aliphatic heterocycles. The van der Waals surface area contributed by atoms with Crippen LogP contribution in [0.25, 0.3) is 0 Å². The fraction of sp³-hybridized carbons (Fsp3) is 0.375. The smallest absolute Gasteiger partial charge is 0.264 e. The van der Waals surface area contributed by atoms with Crippen LogP contribution in [0.15, 0.2) is 46.9 Å². The van der Waals surface area contributed by atoms with Gasteiger partial charge in [-0.3, -0.25) is 18.4 Å². The maximum absolute atomic E-state index is 14.3. The molecule has 1 aliphatic rings. The van der Waals surface area contributed by atoms with Crippen LogP contribution in [0.1, 0.15) is 21.6 Å². The van der Waals surface area contributed by atoms with Crippen LogP contribution in [-0.4, -0.2) is 73.2 Å². The van der Waals surface area contributed by atoms with E-state index in [1.807, 2.05) is 16.1 Å². The van der Waals surface area contributed by atoms with Gasteiger partial charge in [0.15, 0.2) is 16.4 Å². The molecule has 4 rings (SSSR count). The molecule has 14 heteroatoms. The van der Waals surface area contributed by atoms with Crippen molar-refractivity contribution in [3.63, 3.8) is 0 Å². The van der Waals surface area contributed by atoms with Gasteiger partial charge < -0.3 is 9.64 Å². The summed E-state index contributed by atoms with van der Waals surface area (Å²) in [7, 11) is -2.04. The van der Waals surface area contributed by atoms with Gasteiger partial charge in [-0.2, -0.15) is 8.42 Å². The third-order valence-electron chi connectivity index (χ3n) is 5.73. The van der Waals surface area contributed by atoms with Gasteiger partial charge in [-0.05, 0) is 29.8 Å². The number of hydrogen-bond acceptors (Lipinski definition) is 9. The summed E-state index contributed by atoms with van der Waals surface area (Å²) in [4.78, 5) is 26.5. The second-order valence-corrected chi connectivity index (χ2v) is 11.6. The molecule has 38 heavy (non-hydrogen) atoms.